The topological polar surface area (TPSA) is 83.6 Å². The summed E-state index contributed by atoms with van der Waals surface area (Å²) in [7, 11) is 3.33. The summed E-state index contributed by atoms with van der Waals surface area (Å²) in [5.41, 5.74) is 6.62. The number of nitrogens with zero attached hydrogens (tertiary/aromatic N) is 2. The van der Waals surface area contributed by atoms with E-state index in [1.165, 1.54) is 6.07 Å². The number of hydrogen-bond donors (Lipinski definition) is 2. The molecule has 2 aliphatic heterocycles. The van der Waals surface area contributed by atoms with E-state index in [1.54, 1.807) is 37.7 Å². The molecule has 5 aromatic rings. The van der Waals surface area contributed by atoms with Gasteiger partial charge < -0.3 is 19.7 Å². The molecular formula is C38H32N2O4S2. The molecule has 0 unspecified atom stereocenters. The molecule has 2 atom stereocenters. The van der Waals surface area contributed by atoms with E-state index >= 15 is 0 Å². The van der Waals surface area contributed by atoms with Gasteiger partial charge in [0.15, 0.2) is 0 Å². The highest BCUT2D eigenvalue weighted by molar-refractivity contribution is 8.00. The van der Waals surface area contributed by atoms with Crippen LogP contribution in [-0.2, 0) is 0 Å². The van der Waals surface area contributed by atoms with Crippen molar-refractivity contribution in [1.29, 1.82) is 0 Å². The Bertz CT molecular complexity index is 1820. The van der Waals surface area contributed by atoms with E-state index < -0.39 is 0 Å². The van der Waals surface area contributed by atoms with E-state index in [4.69, 9.17) is 19.5 Å². The van der Waals surface area contributed by atoms with Crippen molar-refractivity contribution in [2.75, 3.05) is 14.2 Å². The van der Waals surface area contributed by atoms with E-state index in [0.717, 1.165) is 55.2 Å². The average Bonchev–Trinajstić information content (AvgIpc) is 3.41. The van der Waals surface area contributed by atoms with Crippen molar-refractivity contribution in [3.63, 3.8) is 0 Å². The first-order valence-electron chi connectivity index (χ1n) is 15.0. The molecule has 0 bridgehead atoms. The van der Waals surface area contributed by atoms with Crippen LogP contribution in [0.2, 0.25) is 0 Å². The number of benzene rings is 5. The molecular weight excluding hydrogens is 613 g/mol. The van der Waals surface area contributed by atoms with Crippen LogP contribution in [0.15, 0.2) is 129 Å². The fourth-order valence-corrected chi connectivity index (χ4v) is 8.28. The molecule has 0 amide bonds. The number of ether oxygens (including phenoxy) is 2. The summed E-state index contributed by atoms with van der Waals surface area (Å²) < 4.78 is 10.8. The molecule has 46 heavy (non-hydrogen) atoms. The van der Waals surface area contributed by atoms with Crippen LogP contribution >= 0.6 is 23.5 Å². The highest BCUT2D eigenvalue weighted by atomic mass is 32.2. The van der Waals surface area contributed by atoms with Gasteiger partial charge in [0.05, 0.1) is 37.0 Å². The highest BCUT2D eigenvalue weighted by Gasteiger charge is 2.28. The van der Waals surface area contributed by atoms with Gasteiger partial charge >= 0.3 is 0 Å². The first-order valence-corrected chi connectivity index (χ1v) is 16.8. The zero-order chi connectivity index (χ0) is 31.6. The quantitative estimate of drug-likeness (QED) is 0.191. The molecule has 0 saturated carbocycles. The highest BCUT2D eigenvalue weighted by Crippen LogP contribution is 2.49. The zero-order valence-corrected chi connectivity index (χ0v) is 27.0. The lowest BCUT2D eigenvalue weighted by Gasteiger charge is -2.19. The number of phenolic OH excluding ortho intramolecular Hbond substituents is 2. The second kappa shape index (κ2) is 13.0. The smallest absolute Gasteiger partial charge is 0.128 e. The van der Waals surface area contributed by atoms with Gasteiger partial charge in [0.2, 0.25) is 0 Å². The van der Waals surface area contributed by atoms with Gasteiger partial charge in [0, 0.05) is 50.3 Å². The maximum Gasteiger partial charge on any atom is 0.128 e. The average molecular weight is 645 g/mol. The minimum atomic E-state index is -0.0198. The summed E-state index contributed by atoms with van der Waals surface area (Å²) in [5, 5.41) is 22.7. The van der Waals surface area contributed by atoms with E-state index in [2.05, 4.69) is 36.4 Å². The fourth-order valence-electron chi connectivity index (χ4n) is 5.81. The Morgan fingerprint density at radius 3 is 1.39 bits per heavy atom. The van der Waals surface area contributed by atoms with Crippen molar-refractivity contribution < 1.29 is 19.7 Å². The Morgan fingerprint density at radius 1 is 0.565 bits per heavy atom. The Kier molecular flexibility index (Phi) is 8.47. The Hall–Kier alpha value is -4.66. The largest absolute Gasteiger partial charge is 0.507 e. The second-order valence-corrected chi connectivity index (χ2v) is 13.6. The number of aromatic hydroxyl groups is 2. The summed E-state index contributed by atoms with van der Waals surface area (Å²) in [6.07, 6.45) is 1.15. The van der Waals surface area contributed by atoms with Gasteiger partial charge in [-0.1, -0.05) is 48.5 Å². The van der Waals surface area contributed by atoms with Crippen LogP contribution in [0.1, 0.15) is 45.6 Å². The fraction of sp³-hybridized carbons (Fsp3) is 0.158. The Morgan fingerprint density at radius 2 is 0.978 bits per heavy atom. The molecule has 8 heteroatoms. The standard InChI is InChI=1S/C38H32N2O4S2/c1-43-25-15-11-23(12-16-25)37-20-31(39-29-7-3-5-9-35(29)45-37)27-19-28(34(42)22-33(27)41)32-21-38(24-13-17-26(44-2)18-14-24)46-36-10-6-4-8-30(36)40-32/h3-19,22,37-38,41-42H,20-21H2,1-2H3/t37-,38+. The Labute approximate surface area is 276 Å². The second-order valence-electron chi connectivity index (χ2n) is 11.1. The van der Waals surface area contributed by atoms with Gasteiger partial charge in [-0.2, -0.15) is 0 Å². The molecule has 2 N–H and O–H groups in total. The van der Waals surface area contributed by atoms with Crippen molar-refractivity contribution in [2.45, 2.75) is 33.1 Å². The molecule has 0 saturated heterocycles. The third-order valence-electron chi connectivity index (χ3n) is 8.25. The zero-order valence-electron chi connectivity index (χ0n) is 25.4. The van der Waals surface area contributed by atoms with Crippen LogP contribution < -0.4 is 9.47 Å². The van der Waals surface area contributed by atoms with E-state index in [1.807, 2.05) is 66.7 Å². The maximum atomic E-state index is 11.3. The number of para-hydroxylation sites is 2. The predicted molar refractivity (Wildman–Crippen MR) is 187 cm³/mol. The molecule has 5 aromatic carbocycles. The summed E-state index contributed by atoms with van der Waals surface area (Å²) in [5.74, 6) is 1.56. The lowest BCUT2D eigenvalue weighted by molar-refractivity contribution is 0.414. The number of aliphatic imine (C=N–C) groups is 2. The van der Waals surface area contributed by atoms with Crippen LogP contribution in [0.3, 0.4) is 0 Å². The first-order chi connectivity index (χ1) is 22.5. The minimum Gasteiger partial charge on any atom is -0.507 e. The Balaban J connectivity index is 1.32. The van der Waals surface area contributed by atoms with E-state index in [-0.39, 0.29) is 22.0 Å². The SMILES string of the molecule is COc1ccc([C@@H]2CC(c3cc(C4=Nc5ccccc5S[C@@H](c5ccc(OC)cc5)C4)c(O)cc3O)=Nc3ccccc3S2)cc1. The number of methoxy groups -OCH3 is 2. The molecule has 6 nitrogen and oxygen atoms in total. The van der Waals surface area contributed by atoms with Crippen molar-refractivity contribution in [2.24, 2.45) is 9.98 Å². The van der Waals surface area contributed by atoms with Crippen LogP contribution in [0.4, 0.5) is 11.4 Å². The van der Waals surface area contributed by atoms with E-state index in [9.17, 15) is 10.2 Å². The van der Waals surface area contributed by atoms with Crippen LogP contribution in [0, 0.1) is 0 Å². The van der Waals surface area contributed by atoms with Crippen molar-refractivity contribution in [3.05, 3.63) is 131 Å². The van der Waals surface area contributed by atoms with E-state index in [0.29, 0.717) is 24.0 Å². The molecule has 0 aromatic heterocycles. The molecule has 2 aliphatic rings. The van der Waals surface area contributed by atoms with Crippen molar-refractivity contribution in [3.8, 4) is 23.0 Å². The van der Waals surface area contributed by atoms with Gasteiger partial charge in [-0.3, -0.25) is 9.98 Å². The third kappa shape index (κ3) is 6.10. The predicted octanol–water partition coefficient (Wildman–Crippen LogP) is 9.83. The molecule has 0 radical (unpaired) electrons. The van der Waals surface area contributed by atoms with Gasteiger partial charge in [0.25, 0.3) is 0 Å². The number of hydrogen-bond acceptors (Lipinski definition) is 8. The molecule has 0 aliphatic carbocycles. The van der Waals surface area contributed by atoms with Crippen LogP contribution in [0.5, 0.6) is 23.0 Å². The van der Waals surface area contributed by atoms with Crippen LogP contribution in [0.25, 0.3) is 0 Å². The van der Waals surface area contributed by atoms with Crippen LogP contribution in [-0.4, -0.2) is 35.9 Å². The summed E-state index contributed by atoms with van der Waals surface area (Å²) >= 11 is 3.52. The van der Waals surface area contributed by atoms with Gasteiger partial charge in [-0.15, -0.1) is 23.5 Å². The van der Waals surface area contributed by atoms with Gasteiger partial charge in [0.1, 0.15) is 23.0 Å². The third-order valence-corrected chi connectivity index (χ3v) is 10.9. The van der Waals surface area contributed by atoms with Gasteiger partial charge in [-0.25, -0.2) is 0 Å². The monoisotopic (exact) mass is 644 g/mol. The number of phenols is 2. The van der Waals surface area contributed by atoms with Crippen molar-refractivity contribution >= 4 is 46.3 Å². The maximum absolute atomic E-state index is 11.3. The molecule has 230 valence electrons. The summed E-state index contributed by atoms with van der Waals surface area (Å²) in [4.78, 5) is 12.3. The first kappa shape index (κ1) is 30.0. The lowest BCUT2D eigenvalue weighted by atomic mass is 9.94. The lowest BCUT2D eigenvalue weighted by Crippen LogP contribution is -2.10. The summed E-state index contributed by atoms with van der Waals surface area (Å²) in [6.45, 7) is 0. The number of fused-ring (bicyclic) bond motifs is 2. The number of thioether (sulfide) groups is 2. The van der Waals surface area contributed by atoms with Crippen molar-refractivity contribution in [1.82, 2.24) is 0 Å². The van der Waals surface area contributed by atoms with Gasteiger partial charge in [-0.05, 0) is 65.7 Å². The normalized spacial score (nSPS) is 17.4. The molecule has 0 fully saturated rings. The molecule has 2 heterocycles. The molecule has 0 spiro atoms. The summed E-state index contributed by atoms with van der Waals surface area (Å²) in [6, 6.07) is 35.7. The minimum absolute atomic E-state index is 0.0198. The molecule has 7 rings (SSSR count). The number of rotatable bonds is 6.